The quantitative estimate of drug-likeness (QED) is 0.746. The summed E-state index contributed by atoms with van der Waals surface area (Å²) < 4.78 is 22.8. The van der Waals surface area contributed by atoms with E-state index in [1.165, 1.54) is 6.26 Å². The van der Waals surface area contributed by atoms with Gasteiger partial charge >= 0.3 is 0 Å². The molecule has 1 aliphatic heterocycles. The Kier molecular flexibility index (Phi) is 4.12. The standard InChI is InChI=1S/C16H25NO3S/c1-21(19,20)9-7-14-4-2-3-8-17(14)16(18)15-11-12-5-6-13(15)10-12/h5-6,12-15H,2-4,7-11H2,1H3. The van der Waals surface area contributed by atoms with Gasteiger partial charge in [0.1, 0.15) is 9.84 Å². The lowest BCUT2D eigenvalue weighted by Crippen LogP contribution is -2.47. The van der Waals surface area contributed by atoms with Crippen LogP contribution in [0.2, 0.25) is 0 Å². The number of rotatable bonds is 4. The van der Waals surface area contributed by atoms with Crippen molar-refractivity contribution < 1.29 is 13.2 Å². The van der Waals surface area contributed by atoms with Crippen molar-refractivity contribution in [1.82, 2.24) is 4.90 Å². The van der Waals surface area contributed by atoms with E-state index in [2.05, 4.69) is 12.2 Å². The summed E-state index contributed by atoms with van der Waals surface area (Å²) in [5.41, 5.74) is 0. The van der Waals surface area contributed by atoms with Gasteiger partial charge in [0.25, 0.3) is 0 Å². The number of allylic oxidation sites excluding steroid dienone is 2. The molecule has 0 N–H and O–H groups in total. The second-order valence-electron chi connectivity index (χ2n) is 6.99. The zero-order valence-electron chi connectivity index (χ0n) is 12.7. The number of hydrogen-bond acceptors (Lipinski definition) is 3. The molecule has 0 spiro atoms. The first-order chi connectivity index (χ1) is 9.94. The van der Waals surface area contributed by atoms with Gasteiger partial charge in [-0.3, -0.25) is 4.79 Å². The van der Waals surface area contributed by atoms with Crippen LogP contribution in [-0.2, 0) is 14.6 Å². The van der Waals surface area contributed by atoms with Gasteiger partial charge in [0.2, 0.25) is 5.91 Å². The largest absolute Gasteiger partial charge is 0.339 e. The molecular formula is C16H25NO3S. The lowest BCUT2D eigenvalue weighted by Gasteiger charge is -2.38. The van der Waals surface area contributed by atoms with Gasteiger partial charge in [0.15, 0.2) is 0 Å². The summed E-state index contributed by atoms with van der Waals surface area (Å²) >= 11 is 0. The van der Waals surface area contributed by atoms with Crippen LogP contribution in [-0.4, -0.2) is 43.8 Å². The van der Waals surface area contributed by atoms with E-state index in [0.29, 0.717) is 18.3 Å². The van der Waals surface area contributed by atoms with Gasteiger partial charge in [0, 0.05) is 24.8 Å². The van der Waals surface area contributed by atoms with E-state index in [9.17, 15) is 13.2 Å². The van der Waals surface area contributed by atoms with Gasteiger partial charge in [-0.25, -0.2) is 8.42 Å². The first kappa shape index (κ1) is 15.1. The van der Waals surface area contributed by atoms with Crippen molar-refractivity contribution in [3.8, 4) is 0 Å². The van der Waals surface area contributed by atoms with Gasteiger partial charge in [-0.1, -0.05) is 12.2 Å². The third kappa shape index (κ3) is 3.33. The van der Waals surface area contributed by atoms with Crippen molar-refractivity contribution in [2.75, 3.05) is 18.6 Å². The number of sulfone groups is 1. The lowest BCUT2D eigenvalue weighted by atomic mass is 9.90. The van der Waals surface area contributed by atoms with Crippen LogP contribution in [0.25, 0.3) is 0 Å². The number of likely N-dealkylation sites (tertiary alicyclic amines) is 1. The van der Waals surface area contributed by atoms with Crippen LogP contribution in [0.1, 0.15) is 38.5 Å². The normalized spacial score (nSPS) is 35.4. The number of piperidine rings is 1. The van der Waals surface area contributed by atoms with Crippen LogP contribution in [0.5, 0.6) is 0 Å². The predicted octanol–water partition coefficient (Wildman–Crippen LogP) is 2.01. The molecule has 1 saturated carbocycles. The van der Waals surface area contributed by atoms with E-state index in [1.54, 1.807) is 0 Å². The average Bonchev–Trinajstić information content (AvgIpc) is 3.06. The van der Waals surface area contributed by atoms with Gasteiger partial charge < -0.3 is 4.90 Å². The molecule has 1 saturated heterocycles. The average molecular weight is 311 g/mol. The number of carbonyl (C=O) groups excluding carboxylic acids is 1. The Balaban J connectivity index is 1.66. The Labute approximate surface area is 127 Å². The summed E-state index contributed by atoms with van der Waals surface area (Å²) in [6.45, 7) is 0.810. The summed E-state index contributed by atoms with van der Waals surface area (Å²) in [7, 11) is -2.95. The molecule has 5 heteroatoms. The highest BCUT2D eigenvalue weighted by atomic mass is 32.2. The minimum Gasteiger partial charge on any atom is -0.339 e. The van der Waals surface area contributed by atoms with E-state index in [4.69, 9.17) is 0 Å². The van der Waals surface area contributed by atoms with Crippen LogP contribution in [0, 0.1) is 17.8 Å². The molecule has 1 amide bonds. The highest BCUT2D eigenvalue weighted by Gasteiger charge is 2.43. The summed E-state index contributed by atoms with van der Waals surface area (Å²) in [6.07, 6.45) is 11.6. The summed E-state index contributed by atoms with van der Waals surface area (Å²) in [5.74, 6) is 1.66. The molecule has 0 aromatic rings. The molecule has 118 valence electrons. The van der Waals surface area contributed by atoms with E-state index < -0.39 is 9.84 Å². The monoisotopic (exact) mass is 311 g/mol. The van der Waals surface area contributed by atoms with Crippen molar-refractivity contribution in [1.29, 1.82) is 0 Å². The highest BCUT2D eigenvalue weighted by molar-refractivity contribution is 7.90. The number of nitrogens with zero attached hydrogens (tertiary/aromatic N) is 1. The van der Waals surface area contributed by atoms with Gasteiger partial charge in [-0.05, 0) is 50.4 Å². The molecular weight excluding hydrogens is 286 g/mol. The number of fused-ring (bicyclic) bond motifs is 2. The molecule has 0 aromatic heterocycles. The van der Waals surface area contributed by atoms with Gasteiger partial charge in [-0.15, -0.1) is 0 Å². The minimum atomic E-state index is -2.95. The molecule has 0 radical (unpaired) electrons. The molecule has 2 fully saturated rings. The zero-order chi connectivity index (χ0) is 15.0. The molecule has 2 aliphatic carbocycles. The van der Waals surface area contributed by atoms with Crippen molar-refractivity contribution >= 4 is 15.7 Å². The summed E-state index contributed by atoms with van der Waals surface area (Å²) in [6, 6.07) is 0.129. The van der Waals surface area contributed by atoms with E-state index in [-0.39, 0.29) is 23.6 Å². The smallest absolute Gasteiger partial charge is 0.226 e. The molecule has 0 aromatic carbocycles. The fraction of sp³-hybridized carbons (Fsp3) is 0.812. The fourth-order valence-corrected chi connectivity index (χ4v) is 4.92. The number of amides is 1. The third-order valence-corrected chi connectivity index (χ3v) is 6.31. The van der Waals surface area contributed by atoms with Crippen molar-refractivity contribution in [2.24, 2.45) is 17.8 Å². The Morgan fingerprint density at radius 1 is 1.24 bits per heavy atom. The maximum absolute atomic E-state index is 12.9. The van der Waals surface area contributed by atoms with E-state index in [0.717, 1.165) is 38.6 Å². The molecule has 4 nitrogen and oxygen atoms in total. The molecule has 4 unspecified atom stereocenters. The first-order valence-corrected chi connectivity index (χ1v) is 10.2. The molecule has 2 bridgehead atoms. The zero-order valence-corrected chi connectivity index (χ0v) is 13.5. The second-order valence-corrected chi connectivity index (χ2v) is 9.25. The van der Waals surface area contributed by atoms with Crippen molar-refractivity contribution in [3.63, 3.8) is 0 Å². The molecule has 1 heterocycles. The third-order valence-electron chi connectivity index (χ3n) is 5.33. The fourth-order valence-electron chi connectivity index (χ4n) is 4.22. The van der Waals surface area contributed by atoms with Crippen LogP contribution in [0.3, 0.4) is 0 Å². The maximum Gasteiger partial charge on any atom is 0.226 e. The molecule has 4 atom stereocenters. The van der Waals surface area contributed by atoms with Crippen molar-refractivity contribution in [3.05, 3.63) is 12.2 Å². The summed E-state index contributed by atoms with van der Waals surface area (Å²) in [5, 5.41) is 0. The first-order valence-electron chi connectivity index (χ1n) is 8.10. The Morgan fingerprint density at radius 3 is 2.67 bits per heavy atom. The predicted molar refractivity (Wildman–Crippen MR) is 82.5 cm³/mol. The Morgan fingerprint density at radius 2 is 2.05 bits per heavy atom. The topological polar surface area (TPSA) is 54.5 Å². The van der Waals surface area contributed by atoms with Crippen molar-refractivity contribution in [2.45, 2.75) is 44.6 Å². The van der Waals surface area contributed by atoms with E-state index in [1.807, 2.05) is 4.90 Å². The maximum atomic E-state index is 12.9. The number of hydrogen-bond donors (Lipinski definition) is 0. The Hall–Kier alpha value is -0.840. The van der Waals surface area contributed by atoms with Gasteiger partial charge in [0.05, 0.1) is 5.75 Å². The minimum absolute atomic E-state index is 0.129. The van der Waals surface area contributed by atoms with Gasteiger partial charge in [-0.2, -0.15) is 0 Å². The van der Waals surface area contributed by atoms with Crippen LogP contribution < -0.4 is 0 Å². The van der Waals surface area contributed by atoms with E-state index >= 15 is 0 Å². The van der Waals surface area contributed by atoms with Crippen LogP contribution >= 0.6 is 0 Å². The Bertz CT molecular complexity index is 540. The molecule has 3 aliphatic rings. The number of carbonyl (C=O) groups is 1. The molecule has 3 rings (SSSR count). The summed E-state index contributed by atoms with van der Waals surface area (Å²) in [4.78, 5) is 14.9. The lowest BCUT2D eigenvalue weighted by molar-refractivity contribution is -0.140. The molecule has 21 heavy (non-hydrogen) atoms. The highest BCUT2D eigenvalue weighted by Crippen LogP contribution is 2.44. The second kappa shape index (κ2) is 5.75. The van der Waals surface area contributed by atoms with Crippen LogP contribution in [0.4, 0.5) is 0 Å². The SMILES string of the molecule is CS(=O)(=O)CCC1CCCCN1C(=O)C1CC2C=CC1C2. The van der Waals surface area contributed by atoms with Crippen LogP contribution in [0.15, 0.2) is 12.2 Å².